The van der Waals surface area contributed by atoms with Crippen LogP contribution in [0.2, 0.25) is 0 Å². The quantitative estimate of drug-likeness (QED) is 0.518. The minimum absolute atomic E-state index is 0.0239. The normalized spacial score (nSPS) is 36.6. The Balaban J connectivity index is 2.25. The Morgan fingerprint density at radius 3 is 3.08 bits per heavy atom. The zero-order valence-electron chi connectivity index (χ0n) is 6.97. The van der Waals surface area contributed by atoms with E-state index >= 15 is 0 Å². The van der Waals surface area contributed by atoms with Crippen LogP contribution >= 0.6 is 11.8 Å². The molecule has 2 heterocycles. The standard InChI is InChI=1S/C8H9NO3S/c10-6-4-7-9(6,5-8(11)12)2-1-3-13-7/h1-2,7H,3-5H2/p+1/t7-,9?/m0/s1. The first-order chi connectivity index (χ1) is 6.15. The second-order valence-corrected chi connectivity index (χ2v) is 4.46. The van der Waals surface area contributed by atoms with Crippen molar-refractivity contribution in [2.45, 2.75) is 11.8 Å². The molecule has 2 aliphatic heterocycles. The average Bonchev–Trinajstić information content (AvgIpc) is 2.06. The van der Waals surface area contributed by atoms with Gasteiger partial charge in [0.15, 0.2) is 11.9 Å². The van der Waals surface area contributed by atoms with Crippen LogP contribution in [-0.2, 0) is 9.59 Å². The van der Waals surface area contributed by atoms with Gasteiger partial charge in [0.25, 0.3) is 0 Å². The number of quaternary nitrogens is 1. The number of carboxylic acid groups (broad SMARTS) is 1. The number of carboxylic acids is 1. The summed E-state index contributed by atoms with van der Waals surface area (Å²) in [6, 6.07) is 0. The van der Waals surface area contributed by atoms with Gasteiger partial charge in [-0.15, -0.1) is 0 Å². The molecular formula is C8H10NO3S+. The van der Waals surface area contributed by atoms with E-state index in [0.29, 0.717) is 6.42 Å². The Bertz CT molecular complexity index is 302. The number of nitrogens with zero attached hydrogens (tertiary/aromatic N) is 1. The number of hydrogen-bond donors (Lipinski definition) is 1. The van der Waals surface area contributed by atoms with Crippen molar-refractivity contribution in [1.29, 1.82) is 0 Å². The minimum Gasteiger partial charge on any atom is -0.477 e. The highest BCUT2D eigenvalue weighted by atomic mass is 32.2. The molecular weight excluding hydrogens is 190 g/mol. The van der Waals surface area contributed by atoms with E-state index in [4.69, 9.17) is 5.11 Å². The second kappa shape index (κ2) is 2.85. The average molecular weight is 200 g/mol. The fourth-order valence-electron chi connectivity index (χ4n) is 1.77. The second-order valence-electron chi connectivity index (χ2n) is 3.25. The fourth-order valence-corrected chi connectivity index (χ4v) is 2.97. The van der Waals surface area contributed by atoms with Crippen LogP contribution in [0.1, 0.15) is 6.42 Å². The third kappa shape index (κ3) is 1.19. The van der Waals surface area contributed by atoms with Gasteiger partial charge < -0.3 is 5.11 Å². The fraction of sp³-hybridized carbons (Fsp3) is 0.500. The van der Waals surface area contributed by atoms with Crippen LogP contribution in [0.3, 0.4) is 0 Å². The molecule has 0 aromatic carbocycles. The Morgan fingerprint density at radius 2 is 2.54 bits per heavy atom. The lowest BCUT2D eigenvalue weighted by atomic mass is 10.1. The summed E-state index contributed by atoms with van der Waals surface area (Å²) in [5, 5.41) is 8.84. The summed E-state index contributed by atoms with van der Waals surface area (Å²) in [6.45, 7) is -0.104. The Labute approximate surface area is 79.8 Å². The predicted octanol–water partition coefficient (Wildman–Crippen LogP) is 0.405. The van der Waals surface area contributed by atoms with Crippen molar-refractivity contribution in [1.82, 2.24) is 0 Å². The van der Waals surface area contributed by atoms with Gasteiger partial charge in [0.1, 0.15) is 12.6 Å². The number of hydrogen-bond acceptors (Lipinski definition) is 3. The lowest BCUT2D eigenvalue weighted by Gasteiger charge is -2.46. The first-order valence-electron chi connectivity index (χ1n) is 4.07. The number of rotatable bonds is 2. The van der Waals surface area contributed by atoms with Crippen LogP contribution in [0.5, 0.6) is 0 Å². The van der Waals surface area contributed by atoms with E-state index < -0.39 is 5.97 Å². The van der Waals surface area contributed by atoms with Crippen LogP contribution in [0.15, 0.2) is 12.3 Å². The van der Waals surface area contributed by atoms with Crippen LogP contribution in [0, 0.1) is 0 Å². The molecule has 0 aromatic heterocycles. The van der Waals surface area contributed by atoms with E-state index in [1.54, 1.807) is 18.0 Å². The Hall–Kier alpha value is -0.810. The molecule has 2 aliphatic rings. The van der Waals surface area contributed by atoms with Crippen LogP contribution in [0.25, 0.3) is 0 Å². The Morgan fingerprint density at radius 1 is 1.77 bits per heavy atom. The summed E-state index contributed by atoms with van der Waals surface area (Å²) in [7, 11) is 0. The van der Waals surface area contributed by atoms with Crippen LogP contribution in [-0.4, -0.2) is 39.1 Å². The number of β-lactam (4-membered cyclic amide) rings is 1. The van der Waals surface area contributed by atoms with Gasteiger partial charge in [-0.2, -0.15) is 0 Å². The Kier molecular flexibility index (Phi) is 1.92. The van der Waals surface area contributed by atoms with Gasteiger partial charge in [-0.05, 0) is 6.08 Å². The van der Waals surface area contributed by atoms with Crippen molar-refractivity contribution in [3.05, 3.63) is 12.3 Å². The van der Waals surface area contributed by atoms with Crippen LogP contribution < -0.4 is 0 Å². The number of thioether (sulfide) groups is 1. The molecule has 1 amide bonds. The smallest absolute Gasteiger partial charge is 0.360 e. The molecule has 0 spiro atoms. The van der Waals surface area contributed by atoms with Gasteiger partial charge in [-0.25, -0.2) is 14.1 Å². The third-order valence-electron chi connectivity index (χ3n) is 2.48. The number of fused-ring (bicyclic) bond motifs is 1. The molecule has 0 bridgehead atoms. The monoisotopic (exact) mass is 200 g/mol. The van der Waals surface area contributed by atoms with Gasteiger partial charge in [0.2, 0.25) is 0 Å². The van der Waals surface area contributed by atoms with Gasteiger partial charge in [-0.3, -0.25) is 0 Å². The molecule has 0 saturated carbocycles. The first-order valence-corrected chi connectivity index (χ1v) is 5.12. The lowest BCUT2D eigenvalue weighted by molar-refractivity contribution is -0.835. The third-order valence-corrected chi connectivity index (χ3v) is 3.79. The van der Waals surface area contributed by atoms with E-state index in [-0.39, 0.29) is 22.3 Å². The van der Waals surface area contributed by atoms with Gasteiger partial charge in [-0.1, -0.05) is 11.8 Å². The van der Waals surface area contributed by atoms with E-state index in [1.165, 1.54) is 0 Å². The van der Waals surface area contributed by atoms with Gasteiger partial charge >= 0.3 is 11.9 Å². The lowest BCUT2D eigenvalue weighted by Crippen LogP contribution is -2.66. The van der Waals surface area contributed by atoms with Crippen molar-refractivity contribution in [2.24, 2.45) is 0 Å². The van der Waals surface area contributed by atoms with Crippen molar-refractivity contribution in [3.8, 4) is 0 Å². The summed E-state index contributed by atoms with van der Waals surface area (Å²) < 4.78 is 0.0278. The molecule has 4 nitrogen and oxygen atoms in total. The number of aliphatic carboxylic acids is 1. The summed E-state index contributed by atoms with van der Waals surface area (Å²) in [5.41, 5.74) is 0. The van der Waals surface area contributed by atoms with Crippen LogP contribution in [0.4, 0.5) is 0 Å². The number of amides is 1. The zero-order chi connectivity index (χ0) is 9.47. The maximum atomic E-state index is 11.4. The predicted molar refractivity (Wildman–Crippen MR) is 47.8 cm³/mol. The summed E-state index contributed by atoms with van der Waals surface area (Å²) in [5.74, 6) is -0.00144. The molecule has 1 saturated heterocycles. The minimum atomic E-state index is -0.912. The van der Waals surface area contributed by atoms with Gasteiger partial charge in [0, 0.05) is 5.75 Å². The van der Waals surface area contributed by atoms with E-state index in [9.17, 15) is 9.59 Å². The van der Waals surface area contributed by atoms with Crippen molar-refractivity contribution < 1.29 is 19.2 Å². The number of carbonyl (C=O) groups is 2. The highest BCUT2D eigenvalue weighted by molar-refractivity contribution is 8.00. The SMILES string of the molecule is O=C(O)C[N+]12C=CCS[C@H]1CC2=O. The van der Waals surface area contributed by atoms with Crippen molar-refractivity contribution in [2.75, 3.05) is 12.3 Å². The molecule has 13 heavy (non-hydrogen) atoms. The highest BCUT2D eigenvalue weighted by Crippen LogP contribution is 2.41. The largest absolute Gasteiger partial charge is 0.477 e. The zero-order valence-corrected chi connectivity index (χ0v) is 7.79. The molecule has 0 aromatic rings. The van der Waals surface area contributed by atoms with Crippen molar-refractivity contribution in [3.63, 3.8) is 0 Å². The summed E-state index contributed by atoms with van der Waals surface area (Å²) >= 11 is 1.66. The van der Waals surface area contributed by atoms with Crippen molar-refractivity contribution >= 4 is 23.6 Å². The van der Waals surface area contributed by atoms with Gasteiger partial charge in [0.05, 0.1) is 0 Å². The topological polar surface area (TPSA) is 54.4 Å². The molecule has 2 rings (SSSR count). The molecule has 70 valence electrons. The molecule has 2 atom stereocenters. The van der Waals surface area contributed by atoms with E-state index in [0.717, 1.165) is 5.75 Å². The molecule has 1 N–H and O–H groups in total. The maximum Gasteiger partial charge on any atom is 0.360 e. The van der Waals surface area contributed by atoms with E-state index in [1.807, 2.05) is 6.08 Å². The first kappa shape index (κ1) is 8.77. The maximum absolute atomic E-state index is 11.4. The van der Waals surface area contributed by atoms with E-state index in [2.05, 4.69) is 0 Å². The molecule has 5 heteroatoms. The molecule has 0 aliphatic carbocycles. The molecule has 1 unspecified atom stereocenters. The molecule has 1 fully saturated rings. The summed E-state index contributed by atoms with van der Waals surface area (Å²) in [4.78, 5) is 22.0. The highest BCUT2D eigenvalue weighted by Gasteiger charge is 2.56. The summed E-state index contributed by atoms with van der Waals surface area (Å²) in [6.07, 6.45) is 4.13. The molecule has 0 radical (unpaired) electrons. The number of carbonyl (C=O) groups excluding carboxylic acids is 1.